The Morgan fingerprint density at radius 1 is 1.04 bits per heavy atom. The fraction of sp³-hybridized carbons (Fsp3) is 0.238. The molecule has 0 spiro atoms. The Bertz CT molecular complexity index is 945. The number of fused-ring (bicyclic) bond motifs is 1. The third-order valence-corrected chi connectivity index (χ3v) is 4.35. The van der Waals surface area contributed by atoms with E-state index in [1.54, 1.807) is 6.20 Å². The molecule has 0 atom stereocenters. The Kier molecular flexibility index (Phi) is 4.78. The highest BCUT2D eigenvalue weighted by Gasteiger charge is 2.13. The summed E-state index contributed by atoms with van der Waals surface area (Å²) in [5.41, 5.74) is 3.19. The number of nitrogens with zero attached hydrogens (tertiary/aromatic N) is 3. The first-order chi connectivity index (χ1) is 13.2. The molecule has 0 aliphatic carbocycles. The van der Waals surface area contributed by atoms with E-state index < -0.39 is 0 Å². The highest BCUT2D eigenvalue weighted by molar-refractivity contribution is 5.64. The van der Waals surface area contributed by atoms with Gasteiger partial charge in [-0.2, -0.15) is 4.98 Å². The van der Waals surface area contributed by atoms with Crippen LogP contribution in [-0.4, -0.2) is 29.7 Å². The van der Waals surface area contributed by atoms with Crippen molar-refractivity contribution < 1.29 is 9.47 Å². The molecule has 4 rings (SSSR count). The number of benzene rings is 2. The fourth-order valence-electron chi connectivity index (χ4n) is 3.08. The Hall–Kier alpha value is -3.28. The Morgan fingerprint density at radius 2 is 1.89 bits per heavy atom. The highest BCUT2D eigenvalue weighted by atomic mass is 16.6. The molecule has 1 aliphatic rings. The Morgan fingerprint density at radius 3 is 2.70 bits per heavy atom. The summed E-state index contributed by atoms with van der Waals surface area (Å²) < 4.78 is 11.2. The van der Waals surface area contributed by atoms with Crippen LogP contribution in [0.15, 0.2) is 54.7 Å². The van der Waals surface area contributed by atoms with E-state index in [0.717, 1.165) is 35.2 Å². The van der Waals surface area contributed by atoms with Crippen LogP contribution in [0, 0.1) is 6.92 Å². The lowest BCUT2D eigenvalue weighted by Crippen LogP contribution is -2.18. The maximum Gasteiger partial charge on any atom is 0.229 e. The van der Waals surface area contributed by atoms with Crippen LogP contribution in [0.3, 0.4) is 0 Å². The minimum Gasteiger partial charge on any atom is -0.486 e. The molecule has 0 saturated carbocycles. The van der Waals surface area contributed by atoms with Gasteiger partial charge in [-0.25, -0.2) is 4.98 Å². The van der Waals surface area contributed by atoms with Gasteiger partial charge in [0.25, 0.3) is 0 Å². The molecule has 27 heavy (non-hydrogen) atoms. The third kappa shape index (κ3) is 3.79. The summed E-state index contributed by atoms with van der Waals surface area (Å²) >= 11 is 0. The van der Waals surface area contributed by atoms with Gasteiger partial charge in [-0.05, 0) is 49.7 Å². The van der Waals surface area contributed by atoms with Crippen LogP contribution in [0.25, 0.3) is 0 Å². The largest absolute Gasteiger partial charge is 0.486 e. The maximum absolute atomic E-state index is 5.64. The molecule has 0 bridgehead atoms. The average molecular weight is 362 g/mol. The second-order valence-corrected chi connectivity index (χ2v) is 6.31. The molecular weight excluding hydrogens is 340 g/mol. The van der Waals surface area contributed by atoms with Crippen molar-refractivity contribution in [2.75, 3.05) is 30.0 Å². The van der Waals surface area contributed by atoms with Crippen LogP contribution in [0.4, 0.5) is 23.1 Å². The van der Waals surface area contributed by atoms with Gasteiger partial charge in [0.05, 0.1) is 0 Å². The summed E-state index contributed by atoms with van der Waals surface area (Å²) in [5, 5.41) is 3.25. The second-order valence-electron chi connectivity index (χ2n) is 6.31. The summed E-state index contributed by atoms with van der Waals surface area (Å²) in [5.74, 6) is 2.88. The monoisotopic (exact) mass is 362 g/mol. The minimum atomic E-state index is 0.537. The average Bonchev–Trinajstić information content (AvgIpc) is 2.69. The van der Waals surface area contributed by atoms with E-state index in [-0.39, 0.29) is 0 Å². The van der Waals surface area contributed by atoms with Gasteiger partial charge in [0, 0.05) is 30.2 Å². The fourth-order valence-corrected chi connectivity index (χ4v) is 3.08. The molecule has 6 nitrogen and oxygen atoms in total. The molecular formula is C21H22N4O2. The molecule has 3 aromatic rings. The summed E-state index contributed by atoms with van der Waals surface area (Å²) in [4.78, 5) is 11.2. The zero-order chi connectivity index (χ0) is 18.6. The van der Waals surface area contributed by atoms with Gasteiger partial charge >= 0.3 is 0 Å². The first-order valence-corrected chi connectivity index (χ1v) is 9.07. The van der Waals surface area contributed by atoms with Crippen molar-refractivity contribution in [1.82, 2.24) is 9.97 Å². The van der Waals surface area contributed by atoms with E-state index in [4.69, 9.17) is 9.47 Å². The van der Waals surface area contributed by atoms with Crippen molar-refractivity contribution in [2.45, 2.75) is 13.8 Å². The zero-order valence-corrected chi connectivity index (χ0v) is 15.5. The summed E-state index contributed by atoms with van der Waals surface area (Å²) in [6.45, 7) is 6.15. The topological polar surface area (TPSA) is 59.5 Å². The van der Waals surface area contributed by atoms with Crippen molar-refractivity contribution in [3.63, 3.8) is 0 Å². The van der Waals surface area contributed by atoms with E-state index in [1.807, 2.05) is 24.3 Å². The molecule has 1 N–H and O–H groups in total. The summed E-state index contributed by atoms with van der Waals surface area (Å²) in [7, 11) is 0. The number of aryl methyl sites for hydroxylation is 1. The number of hydrogen-bond acceptors (Lipinski definition) is 6. The smallest absolute Gasteiger partial charge is 0.229 e. The Balaban J connectivity index is 1.58. The van der Waals surface area contributed by atoms with Crippen molar-refractivity contribution in [3.05, 3.63) is 60.3 Å². The minimum absolute atomic E-state index is 0.537. The van der Waals surface area contributed by atoms with Crippen LogP contribution in [-0.2, 0) is 0 Å². The number of nitrogens with one attached hydrogen (secondary N) is 1. The van der Waals surface area contributed by atoms with Crippen molar-refractivity contribution in [2.24, 2.45) is 0 Å². The van der Waals surface area contributed by atoms with Gasteiger partial charge in [-0.3, -0.25) is 0 Å². The Labute approximate surface area is 158 Å². The molecule has 0 fully saturated rings. The van der Waals surface area contributed by atoms with Crippen molar-refractivity contribution in [3.8, 4) is 11.5 Å². The summed E-state index contributed by atoms with van der Waals surface area (Å²) in [6.07, 6.45) is 1.77. The lowest BCUT2D eigenvalue weighted by Gasteiger charge is -2.23. The van der Waals surface area contributed by atoms with Crippen LogP contribution < -0.4 is 19.7 Å². The molecule has 1 aromatic heterocycles. The highest BCUT2D eigenvalue weighted by Crippen LogP contribution is 2.33. The van der Waals surface area contributed by atoms with E-state index in [1.165, 1.54) is 5.56 Å². The number of rotatable bonds is 5. The number of ether oxygens (including phenoxy) is 2. The first kappa shape index (κ1) is 17.1. The van der Waals surface area contributed by atoms with Gasteiger partial charge in [0.2, 0.25) is 5.95 Å². The molecule has 0 radical (unpaired) electrons. The molecule has 2 heterocycles. The van der Waals surface area contributed by atoms with Crippen LogP contribution >= 0.6 is 0 Å². The van der Waals surface area contributed by atoms with Gasteiger partial charge in [0.15, 0.2) is 11.5 Å². The third-order valence-electron chi connectivity index (χ3n) is 4.35. The number of aromatic nitrogens is 2. The van der Waals surface area contributed by atoms with Crippen LogP contribution in [0.5, 0.6) is 11.5 Å². The predicted octanol–water partition coefficient (Wildman–Crippen LogP) is 4.46. The van der Waals surface area contributed by atoms with Crippen molar-refractivity contribution >= 4 is 23.1 Å². The molecule has 1 aliphatic heterocycles. The molecule has 6 heteroatoms. The van der Waals surface area contributed by atoms with E-state index in [0.29, 0.717) is 19.2 Å². The SMILES string of the molecule is CCN(c1cccc(C)c1)c1ccnc(Nc2ccc3c(c2)OCCO3)n1. The zero-order valence-electron chi connectivity index (χ0n) is 15.5. The van der Waals surface area contributed by atoms with E-state index in [9.17, 15) is 0 Å². The summed E-state index contributed by atoms with van der Waals surface area (Å²) in [6, 6.07) is 16.0. The van der Waals surface area contributed by atoms with Crippen LogP contribution in [0.2, 0.25) is 0 Å². The van der Waals surface area contributed by atoms with E-state index >= 15 is 0 Å². The predicted molar refractivity (Wildman–Crippen MR) is 107 cm³/mol. The van der Waals surface area contributed by atoms with Gasteiger partial charge < -0.3 is 19.7 Å². The quantitative estimate of drug-likeness (QED) is 0.723. The molecule has 0 saturated heterocycles. The number of anilines is 4. The second kappa shape index (κ2) is 7.53. The molecule has 2 aromatic carbocycles. The lowest BCUT2D eigenvalue weighted by atomic mass is 10.2. The normalized spacial score (nSPS) is 12.5. The molecule has 0 amide bonds. The lowest BCUT2D eigenvalue weighted by molar-refractivity contribution is 0.171. The standard InChI is InChI=1S/C21H22N4O2/c1-3-25(17-6-4-5-15(2)13-17)20-9-10-22-21(24-20)23-16-7-8-18-19(14-16)27-12-11-26-18/h4-10,13-14H,3,11-12H2,1-2H3,(H,22,23,24). The maximum atomic E-state index is 5.64. The van der Waals surface area contributed by atoms with Gasteiger partial charge in [-0.1, -0.05) is 12.1 Å². The molecule has 0 unspecified atom stereocenters. The number of hydrogen-bond donors (Lipinski definition) is 1. The van der Waals surface area contributed by atoms with Crippen molar-refractivity contribution in [1.29, 1.82) is 0 Å². The van der Waals surface area contributed by atoms with Gasteiger partial charge in [0.1, 0.15) is 19.0 Å². The van der Waals surface area contributed by atoms with Gasteiger partial charge in [-0.15, -0.1) is 0 Å². The molecule has 138 valence electrons. The van der Waals surface area contributed by atoms with Crippen LogP contribution in [0.1, 0.15) is 12.5 Å². The first-order valence-electron chi connectivity index (χ1n) is 9.07. The van der Waals surface area contributed by atoms with E-state index in [2.05, 4.69) is 58.3 Å².